The molecule has 0 spiro atoms. The van der Waals surface area contributed by atoms with Gasteiger partial charge in [-0.2, -0.15) is 0 Å². The molecule has 98 valence electrons. The lowest BCUT2D eigenvalue weighted by atomic mass is 10.1. The second kappa shape index (κ2) is 8.10. The second-order valence-corrected chi connectivity index (χ2v) is 4.49. The van der Waals surface area contributed by atoms with E-state index in [-0.39, 0.29) is 0 Å². The first kappa shape index (κ1) is 15.0. The highest BCUT2D eigenvalue weighted by Crippen LogP contribution is 2.11. The van der Waals surface area contributed by atoms with Gasteiger partial charge < -0.3 is 0 Å². The van der Waals surface area contributed by atoms with Crippen molar-refractivity contribution in [3.8, 4) is 0 Å². The van der Waals surface area contributed by atoms with Crippen LogP contribution in [0.1, 0.15) is 29.2 Å². The van der Waals surface area contributed by atoms with Crippen LogP contribution in [0.15, 0.2) is 61.2 Å². The molecule has 2 rings (SSSR count). The van der Waals surface area contributed by atoms with Crippen LogP contribution in [0, 0.1) is 13.8 Å². The third-order valence-electron chi connectivity index (χ3n) is 2.78. The molecule has 0 unspecified atom stereocenters. The van der Waals surface area contributed by atoms with Crippen LogP contribution >= 0.6 is 0 Å². The van der Waals surface area contributed by atoms with E-state index in [2.05, 4.69) is 62.9 Å². The minimum absolute atomic E-state index is 1.19. The molecule has 0 aliphatic carbocycles. The molecule has 0 radical (unpaired) electrons. The molecule has 0 aromatic heterocycles. The van der Waals surface area contributed by atoms with E-state index in [1.807, 2.05) is 31.2 Å². The zero-order valence-corrected chi connectivity index (χ0v) is 12.1. The van der Waals surface area contributed by atoms with E-state index >= 15 is 0 Å². The van der Waals surface area contributed by atoms with E-state index in [1.165, 1.54) is 22.3 Å². The summed E-state index contributed by atoms with van der Waals surface area (Å²) in [6.07, 6.45) is 5.98. The van der Waals surface area contributed by atoms with Crippen LogP contribution in [0.3, 0.4) is 0 Å². The van der Waals surface area contributed by atoms with Crippen molar-refractivity contribution in [2.75, 3.05) is 0 Å². The van der Waals surface area contributed by atoms with Gasteiger partial charge in [-0.3, -0.25) is 0 Å². The van der Waals surface area contributed by atoms with Crippen molar-refractivity contribution in [2.45, 2.75) is 20.8 Å². The Bertz CT molecular complexity index is 509. The lowest BCUT2D eigenvalue weighted by Gasteiger charge is -1.97. The number of hydrogen-bond donors (Lipinski definition) is 0. The number of allylic oxidation sites excluding steroid dienone is 1. The molecule has 19 heavy (non-hydrogen) atoms. The summed E-state index contributed by atoms with van der Waals surface area (Å²) >= 11 is 0. The van der Waals surface area contributed by atoms with Gasteiger partial charge in [0.2, 0.25) is 0 Å². The Morgan fingerprint density at radius 2 is 1.26 bits per heavy atom. The molecule has 0 amide bonds. The van der Waals surface area contributed by atoms with Crippen molar-refractivity contribution in [1.82, 2.24) is 0 Å². The Labute approximate surface area is 117 Å². The zero-order chi connectivity index (χ0) is 14.1. The summed E-state index contributed by atoms with van der Waals surface area (Å²) in [5.41, 5.74) is 5.07. The fraction of sp³-hybridized carbons (Fsp3) is 0.158. The highest BCUT2D eigenvalue weighted by Gasteiger charge is 1.90. The lowest BCUT2D eigenvalue weighted by Crippen LogP contribution is -1.76. The number of hydrogen-bond acceptors (Lipinski definition) is 0. The maximum Gasteiger partial charge on any atom is -0.0188 e. The van der Waals surface area contributed by atoms with Gasteiger partial charge in [0.05, 0.1) is 0 Å². The Kier molecular flexibility index (Phi) is 6.38. The topological polar surface area (TPSA) is 0 Å². The van der Waals surface area contributed by atoms with Crippen molar-refractivity contribution in [3.63, 3.8) is 0 Å². The maximum absolute atomic E-state index is 3.74. The molecule has 0 saturated carbocycles. The van der Waals surface area contributed by atoms with Crippen LogP contribution in [0.5, 0.6) is 0 Å². The lowest BCUT2D eigenvalue weighted by molar-refractivity contribution is 1.40. The minimum atomic E-state index is 1.19. The van der Waals surface area contributed by atoms with E-state index in [0.717, 1.165) is 0 Å². The molecule has 0 aliphatic heterocycles. The molecule has 0 bridgehead atoms. The van der Waals surface area contributed by atoms with Gasteiger partial charge in [-0.15, -0.1) is 0 Å². The van der Waals surface area contributed by atoms with E-state index in [9.17, 15) is 0 Å². The Morgan fingerprint density at radius 3 is 1.68 bits per heavy atom. The van der Waals surface area contributed by atoms with Gasteiger partial charge in [0.25, 0.3) is 0 Å². The summed E-state index contributed by atoms with van der Waals surface area (Å²) in [4.78, 5) is 0. The van der Waals surface area contributed by atoms with E-state index in [4.69, 9.17) is 0 Å². The molecule has 0 aliphatic rings. The normalized spacial score (nSPS) is 9.84. The third-order valence-corrected chi connectivity index (χ3v) is 2.78. The molecule has 2 aromatic rings. The number of benzene rings is 2. The van der Waals surface area contributed by atoms with Gasteiger partial charge in [0.1, 0.15) is 0 Å². The molecule has 0 fully saturated rings. The monoisotopic (exact) mass is 250 g/mol. The maximum atomic E-state index is 3.74. The zero-order valence-electron chi connectivity index (χ0n) is 12.1. The first-order chi connectivity index (χ1) is 9.17. The first-order valence-electron chi connectivity index (χ1n) is 6.54. The van der Waals surface area contributed by atoms with E-state index in [0.29, 0.717) is 0 Å². The van der Waals surface area contributed by atoms with Crippen LogP contribution in [0.4, 0.5) is 0 Å². The highest BCUT2D eigenvalue weighted by atomic mass is 13.9. The quantitative estimate of drug-likeness (QED) is 0.644. The summed E-state index contributed by atoms with van der Waals surface area (Å²) in [7, 11) is 0. The van der Waals surface area contributed by atoms with Crippen LogP contribution in [-0.4, -0.2) is 0 Å². The summed E-state index contributed by atoms with van der Waals surface area (Å²) in [5, 5.41) is 0. The number of rotatable bonds is 2. The van der Waals surface area contributed by atoms with Crippen molar-refractivity contribution >= 4 is 12.2 Å². The van der Waals surface area contributed by atoms with Crippen LogP contribution in [0.25, 0.3) is 12.2 Å². The smallest absolute Gasteiger partial charge is 0.0188 e. The molecular weight excluding hydrogens is 228 g/mol. The minimum Gasteiger partial charge on any atom is -0.0984 e. The summed E-state index contributed by atoms with van der Waals surface area (Å²) < 4.78 is 0. The summed E-state index contributed by atoms with van der Waals surface area (Å²) in [6, 6.07) is 16.7. The Hall–Kier alpha value is -2.08. The van der Waals surface area contributed by atoms with Gasteiger partial charge in [0, 0.05) is 0 Å². The first-order valence-corrected chi connectivity index (χ1v) is 6.54. The molecule has 0 N–H and O–H groups in total. The van der Waals surface area contributed by atoms with Gasteiger partial charge in [-0.05, 0) is 31.9 Å². The highest BCUT2D eigenvalue weighted by molar-refractivity contribution is 5.63. The van der Waals surface area contributed by atoms with E-state index < -0.39 is 0 Å². The molecular formula is C19H22. The molecule has 0 heterocycles. The fourth-order valence-electron chi connectivity index (χ4n) is 1.67. The van der Waals surface area contributed by atoms with E-state index in [1.54, 1.807) is 0 Å². The average molecular weight is 250 g/mol. The van der Waals surface area contributed by atoms with Crippen molar-refractivity contribution in [1.29, 1.82) is 0 Å². The van der Waals surface area contributed by atoms with Crippen LogP contribution in [-0.2, 0) is 0 Å². The Morgan fingerprint density at radius 1 is 0.789 bits per heavy atom. The van der Waals surface area contributed by atoms with Crippen molar-refractivity contribution in [2.24, 2.45) is 0 Å². The fourth-order valence-corrected chi connectivity index (χ4v) is 1.67. The standard InChI is InChI=1S/C11H12.C8H10/c1-3-7-11-9-6-5-8-10(11)4-2;1-7-3-5-8(2)6-4-7/h3-9H,2H2,1H3;3-6H,1-2H3/b7-3-;. The van der Waals surface area contributed by atoms with Crippen molar-refractivity contribution in [3.05, 3.63) is 83.4 Å². The predicted molar refractivity (Wildman–Crippen MR) is 87.2 cm³/mol. The van der Waals surface area contributed by atoms with Gasteiger partial charge in [-0.1, -0.05) is 84.5 Å². The second-order valence-electron chi connectivity index (χ2n) is 4.49. The summed E-state index contributed by atoms with van der Waals surface area (Å²) in [6.45, 7) is 9.95. The third kappa shape index (κ3) is 5.39. The average Bonchev–Trinajstić information content (AvgIpc) is 2.44. The largest absolute Gasteiger partial charge is 0.0984 e. The van der Waals surface area contributed by atoms with Gasteiger partial charge in [0.15, 0.2) is 0 Å². The molecule has 2 aromatic carbocycles. The molecule has 0 atom stereocenters. The summed E-state index contributed by atoms with van der Waals surface area (Å²) in [5.74, 6) is 0. The van der Waals surface area contributed by atoms with Crippen LogP contribution in [0.2, 0.25) is 0 Å². The molecule has 0 heteroatoms. The van der Waals surface area contributed by atoms with Crippen LogP contribution < -0.4 is 0 Å². The SMILES string of the molecule is C=Cc1ccccc1/C=C\C.Cc1ccc(C)cc1. The number of aryl methyl sites for hydroxylation is 2. The predicted octanol–water partition coefficient (Wildman–Crippen LogP) is 5.67. The van der Waals surface area contributed by atoms with Gasteiger partial charge >= 0.3 is 0 Å². The van der Waals surface area contributed by atoms with Crippen molar-refractivity contribution < 1.29 is 0 Å². The molecule has 0 nitrogen and oxygen atoms in total. The molecule has 0 saturated heterocycles. The Balaban J connectivity index is 0.000000200. The van der Waals surface area contributed by atoms with Gasteiger partial charge in [-0.25, -0.2) is 0 Å².